The van der Waals surface area contributed by atoms with E-state index in [-0.39, 0.29) is 17.3 Å². The summed E-state index contributed by atoms with van der Waals surface area (Å²) >= 11 is 1.15. The minimum Gasteiger partial charge on any atom is -0.477 e. The van der Waals surface area contributed by atoms with E-state index in [0.29, 0.717) is 12.8 Å². The zero-order chi connectivity index (χ0) is 25.4. The molecule has 0 bridgehead atoms. The zero-order valence-electron chi connectivity index (χ0n) is 19.9. The van der Waals surface area contributed by atoms with Gasteiger partial charge in [-0.25, -0.2) is 4.79 Å². The first-order valence-electron chi connectivity index (χ1n) is 12.1. The molecule has 1 aliphatic heterocycles. The molecule has 1 aromatic heterocycles. The van der Waals surface area contributed by atoms with E-state index >= 15 is 0 Å². The fourth-order valence-corrected chi connectivity index (χ4v) is 5.24. The molecule has 0 spiro atoms. The van der Waals surface area contributed by atoms with Crippen LogP contribution in [0.15, 0.2) is 54.6 Å². The smallest absolute Gasteiger partial charge is 0.345 e. The molecular formula is C27H33F2NO4S. The number of thiophene rings is 1. The Bertz CT molecular complexity index is 1010. The van der Waals surface area contributed by atoms with Gasteiger partial charge in [0.15, 0.2) is 0 Å². The summed E-state index contributed by atoms with van der Waals surface area (Å²) in [6.45, 7) is 2.09. The first kappa shape index (κ1) is 27.0. The maximum absolute atomic E-state index is 14.2. The Morgan fingerprint density at radius 3 is 2.60 bits per heavy atom. The van der Waals surface area contributed by atoms with Crippen LogP contribution in [0, 0.1) is 5.92 Å². The zero-order valence-corrected chi connectivity index (χ0v) is 20.7. The number of aliphatic hydroxyl groups is 1. The molecule has 3 rings (SSSR count). The van der Waals surface area contributed by atoms with Crippen LogP contribution < -0.4 is 0 Å². The molecule has 35 heavy (non-hydrogen) atoms. The van der Waals surface area contributed by atoms with Crippen molar-refractivity contribution in [3.8, 4) is 0 Å². The van der Waals surface area contributed by atoms with Crippen molar-refractivity contribution in [3.63, 3.8) is 0 Å². The number of amides is 1. The molecule has 1 unspecified atom stereocenters. The Morgan fingerprint density at radius 1 is 1.17 bits per heavy atom. The topological polar surface area (TPSA) is 77.8 Å². The highest BCUT2D eigenvalue weighted by Crippen LogP contribution is 2.34. The van der Waals surface area contributed by atoms with Gasteiger partial charge in [-0.15, -0.1) is 11.3 Å². The number of aryl methyl sites for hydroxylation is 2. The number of unbranched alkanes of at least 4 members (excludes halogenated alkanes) is 1. The third-order valence-electron chi connectivity index (χ3n) is 6.47. The van der Waals surface area contributed by atoms with E-state index in [1.807, 2.05) is 25.1 Å². The molecule has 2 N–H and O–H groups in total. The molecular weight excluding hydrogens is 472 g/mol. The van der Waals surface area contributed by atoms with Gasteiger partial charge in [-0.2, -0.15) is 8.78 Å². The maximum atomic E-state index is 14.2. The second kappa shape index (κ2) is 12.4. The van der Waals surface area contributed by atoms with Gasteiger partial charge in [0.05, 0.1) is 12.1 Å². The first-order chi connectivity index (χ1) is 16.7. The Morgan fingerprint density at radius 2 is 1.91 bits per heavy atom. The van der Waals surface area contributed by atoms with E-state index in [9.17, 15) is 23.5 Å². The molecule has 1 aromatic carbocycles. The number of carboxylic acid groups (broad SMARTS) is 1. The van der Waals surface area contributed by atoms with Gasteiger partial charge >= 0.3 is 11.9 Å². The molecule has 8 heteroatoms. The average Bonchev–Trinajstić information content (AvgIpc) is 3.39. The van der Waals surface area contributed by atoms with Crippen LogP contribution in [0.25, 0.3) is 0 Å². The molecule has 3 atom stereocenters. The number of benzene rings is 1. The molecule has 5 nitrogen and oxygen atoms in total. The number of nitrogens with zero attached hydrogens (tertiary/aromatic N) is 1. The fourth-order valence-electron chi connectivity index (χ4n) is 4.35. The molecule has 1 fully saturated rings. The van der Waals surface area contributed by atoms with Crippen molar-refractivity contribution in [1.29, 1.82) is 0 Å². The van der Waals surface area contributed by atoms with Crippen LogP contribution in [-0.2, 0) is 17.6 Å². The van der Waals surface area contributed by atoms with Gasteiger partial charge in [0.1, 0.15) is 4.88 Å². The van der Waals surface area contributed by atoms with Crippen molar-refractivity contribution in [2.24, 2.45) is 5.92 Å². The van der Waals surface area contributed by atoms with Crippen LogP contribution in [-0.4, -0.2) is 51.6 Å². The number of likely N-dealkylation sites (tertiary alicyclic amines) is 1. The minimum atomic E-state index is -3.41. The monoisotopic (exact) mass is 505 g/mol. The predicted octanol–water partition coefficient (Wildman–Crippen LogP) is 5.58. The van der Waals surface area contributed by atoms with Crippen LogP contribution in [0.3, 0.4) is 0 Å². The third kappa shape index (κ3) is 7.70. The molecule has 190 valence electrons. The van der Waals surface area contributed by atoms with Gasteiger partial charge in [-0.3, -0.25) is 4.79 Å². The van der Waals surface area contributed by atoms with Crippen molar-refractivity contribution < 1.29 is 28.6 Å². The lowest BCUT2D eigenvalue weighted by Gasteiger charge is -2.22. The number of carbonyl (C=O) groups is 2. The second-order valence-corrected chi connectivity index (χ2v) is 10.4. The van der Waals surface area contributed by atoms with E-state index in [1.54, 1.807) is 12.1 Å². The summed E-state index contributed by atoms with van der Waals surface area (Å²) < 4.78 is 28.3. The number of carbonyl (C=O) groups excluding carboxylic acids is 1. The van der Waals surface area contributed by atoms with E-state index in [4.69, 9.17) is 5.11 Å². The summed E-state index contributed by atoms with van der Waals surface area (Å²) in [5, 5.41) is 19.5. The average molecular weight is 506 g/mol. The van der Waals surface area contributed by atoms with E-state index in [0.717, 1.165) is 41.9 Å². The highest BCUT2D eigenvalue weighted by molar-refractivity contribution is 7.13. The normalized spacial score (nSPS) is 19.4. The Labute approximate surface area is 209 Å². The molecule has 0 saturated carbocycles. The second-order valence-electron chi connectivity index (χ2n) is 9.23. The highest BCUT2D eigenvalue weighted by atomic mass is 32.1. The Hall–Kier alpha value is -2.58. The van der Waals surface area contributed by atoms with Crippen LogP contribution >= 0.6 is 11.3 Å². The van der Waals surface area contributed by atoms with Gasteiger partial charge in [-0.05, 0) is 55.7 Å². The lowest BCUT2D eigenvalue weighted by Crippen LogP contribution is -2.36. The van der Waals surface area contributed by atoms with Gasteiger partial charge in [0, 0.05) is 17.8 Å². The number of halogens is 2. The quantitative estimate of drug-likeness (QED) is 0.275. The van der Waals surface area contributed by atoms with Crippen LogP contribution in [0.1, 0.15) is 59.1 Å². The van der Waals surface area contributed by atoms with Gasteiger partial charge in [0.25, 0.3) is 5.91 Å². The van der Waals surface area contributed by atoms with Gasteiger partial charge in [-0.1, -0.05) is 55.8 Å². The van der Waals surface area contributed by atoms with Crippen LogP contribution in [0.5, 0.6) is 0 Å². The molecule has 1 aliphatic rings. The van der Waals surface area contributed by atoms with E-state index in [2.05, 4.69) is 12.1 Å². The van der Waals surface area contributed by atoms with Crippen LogP contribution in [0.2, 0.25) is 0 Å². The number of aliphatic hydroxyl groups excluding tert-OH is 1. The molecule has 0 radical (unpaired) electrons. The number of hydrogen-bond acceptors (Lipinski definition) is 4. The van der Waals surface area contributed by atoms with Gasteiger partial charge < -0.3 is 15.1 Å². The highest BCUT2D eigenvalue weighted by Gasteiger charge is 2.52. The largest absolute Gasteiger partial charge is 0.477 e. The molecule has 2 aromatic rings. The Kier molecular flexibility index (Phi) is 9.57. The van der Waals surface area contributed by atoms with Crippen molar-refractivity contribution >= 4 is 23.2 Å². The van der Waals surface area contributed by atoms with Gasteiger partial charge in [0.2, 0.25) is 0 Å². The van der Waals surface area contributed by atoms with Crippen molar-refractivity contribution in [1.82, 2.24) is 4.90 Å². The summed E-state index contributed by atoms with van der Waals surface area (Å²) in [6.07, 6.45) is 6.46. The number of hydrogen-bond donors (Lipinski definition) is 2. The SMILES string of the molecule is C[C@@H](CCCCc1ccccc1)[C@H](O)/C=C/C1CC(F)(F)C(=O)N1CCCc1ccc(C(=O)O)s1. The summed E-state index contributed by atoms with van der Waals surface area (Å²) in [4.78, 5) is 25.5. The molecule has 0 aliphatic carbocycles. The predicted molar refractivity (Wildman–Crippen MR) is 133 cm³/mol. The Balaban J connectivity index is 1.48. The number of rotatable bonds is 13. The third-order valence-corrected chi connectivity index (χ3v) is 7.60. The maximum Gasteiger partial charge on any atom is 0.345 e. The molecule has 1 saturated heterocycles. The summed E-state index contributed by atoms with van der Waals surface area (Å²) in [5.74, 6) is -5.62. The molecule has 1 amide bonds. The number of aromatic carboxylic acids is 1. The standard InChI is InChI=1S/C27H33F2NO4S/c1-19(8-5-6-11-20-9-3-2-4-10-20)23(31)15-13-21-18-27(28,29)26(34)30(21)17-7-12-22-14-16-24(35-22)25(32)33/h2-4,9-10,13-16,19,21,23,31H,5-8,11-12,17-18H2,1H3,(H,32,33)/b15-13+/t19-,21?,23+/m0/s1. The minimum absolute atomic E-state index is 0.0182. The van der Waals surface area contributed by atoms with E-state index in [1.165, 1.54) is 22.6 Å². The van der Waals surface area contributed by atoms with Crippen molar-refractivity contribution in [2.75, 3.05) is 6.54 Å². The fraction of sp³-hybridized carbons (Fsp3) is 0.481. The van der Waals surface area contributed by atoms with Crippen molar-refractivity contribution in [2.45, 2.75) is 69.9 Å². The summed E-state index contributed by atoms with van der Waals surface area (Å²) in [6, 6.07) is 12.7. The summed E-state index contributed by atoms with van der Waals surface area (Å²) in [7, 11) is 0. The van der Waals surface area contributed by atoms with Crippen LogP contribution in [0.4, 0.5) is 8.78 Å². The summed E-state index contributed by atoms with van der Waals surface area (Å²) in [5.41, 5.74) is 1.29. The van der Waals surface area contributed by atoms with E-state index < -0.39 is 36.4 Å². The number of alkyl halides is 2. The first-order valence-corrected chi connectivity index (χ1v) is 12.9. The molecule has 2 heterocycles. The number of carboxylic acids is 1. The lowest BCUT2D eigenvalue weighted by molar-refractivity contribution is -0.148. The lowest BCUT2D eigenvalue weighted by atomic mass is 9.95. The van der Waals surface area contributed by atoms with Crippen molar-refractivity contribution in [3.05, 3.63) is 69.9 Å².